The third-order valence-electron chi connectivity index (χ3n) is 4.61. The minimum Gasteiger partial charge on any atom is -0.348 e. The quantitative estimate of drug-likeness (QED) is 0.599. The molecule has 0 spiro atoms. The van der Waals surface area contributed by atoms with Crippen molar-refractivity contribution < 1.29 is 4.79 Å². The van der Waals surface area contributed by atoms with E-state index in [1.54, 1.807) is 48.3 Å². The summed E-state index contributed by atoms with van der Waals surface area (Å²) in [6.07, 6.45) is 3.38. The zero-order valence-electron chi connectivity index (χ0n) is 15.3. The van der Waals surface area contributed by atoms with Crippen molar-refractivity contribution >= 4 is 16.9 Å². The summed E-state index contributed by atoms with van der Waals surface area (Å²) in [6, 6.07) is 18.1. The topological polar surface area (TPSA) is 76.9 Å². The van der Waals surface area contributed by atoms with Crippen LogP contribution in [0.1, 0.15) is 15.9 Å². The second kappa shape index (κ2) is 7.44. The highest BCUT2D eigenvalue weighted by Crippen LogP contribution is 2.18. The highest BCUT2D eigenvalue weighted by atomic mass is 16.1. The van der Waals surface area contributed by atoms with Crippen molar-refractivity contribution in [2.45, 2.75) is 6.54 Å². The number of pyridine rings is 1. The van der Waals surface area contributed by atoms with Gasteiger partial charge in [-0.15, -0.1) is 0 Å². The van der Waals surface area contributed by atoms with Crippen LogP contribution in [0.4, 0.5) is 0 Å². The third kappa shape index (κ3) is 3.40. The van der Waals surface area contributed by atoms with Crippen molar-refractivity contribution in [1.82, 2.24) is 19.9 Å². The Morgan fingerprint density at radius 2 is 1.71 bits per heavy atom. The van der Waals surface area contributed by atoms with Crippen molar-refractivity contribution in [3.05, 3.63) is 94.5 Å². The molecule has 4 rings (SSSR count). The van der Waals surface area contributed by atoms with Crippen LogP contribution in [-0.2, 0) is 13.6 Å². The first-order chi connectivity index (χ1) is 13.6. The van der Waals surface area contributed by atoms with Crippen LogP contribution in [-0.4, -0.2) is 20.4 Å². The summed E-state index contributed by atoms with van der Waals surface area (Å²) in [4.78, 5) is 33.5. The largest absolute Gasteiger partial charge is 0.348 e. The van der Waals surface area contributed by atoms with Gasteiger partial charge in [0.15, 0.2) is 0 Å². The SMILES string of the molecule is Cn1c(=O)c(-c2ccc(C(=O)NCc3ccncc3)cc2)nc2ccccc21. The number of rotatable bonds is 4. The minimum atomic E-state index is -0.178. The fourth-order valence-corrected chi connectivity index (χ4v) is 3.03. The number of benzene rings is 2. The zero-order chi connectivity index (χ0) is 19.5. The lowest BCUT2D eigenvalue weighted by molar-refractivity contribution is 0.0951. The highest BCUT2D eigenvalue weighted by Gasteiger charge is 2.12. The summed E-state index contributed by atoms with van der Waals surface area (Å²) >= 11 is 0. The third-order valence-corrected chi connectivity index (χ3v) is 4.61. The maximum atomic E-state index is 12.7. The van der Waals surface area contributed by atoms with E-state index in [2.05, 4.69) is 15.3 Å². The van der Waals surface area contributed by atoms with Gasteiger partial charge in [0, 0.05) is 37.1 Å². The van der Waals surface area contributed by atoms with E-state index >= 15 is 0 Å². The molecule has 6 heteroatoms. The highest BCUT2D eigenvalue weighted by molar-refractivity contribution is 5.94. The van der Waals surface area contributed by atoms with Gasteiger partial charge >= 0.3 is 0 Å². The molecular weight excluding hydrogens is 352 g/mol. The molecule has 0 aliphatic heterocycles. The van der Waals surface area contributed by atoms with E-state index in [-0.39, 0.29) is 11.5 Å². The monoisotopic (exact) mass is 370 g/mol. The number of amides is 1. The van der Waals surface area contributed by atoms with Gasteiger partial charge < -0.3 is 9.88 Å². The molecule has 0 aliphatic carbocycles. The Hall–Kier alpha value is -3.80. The maximum Gasteiger partial charge on any atom is 0.277 e. The molecule has 0 bridgehead atoms. The van der Waals surface area contributed by atoms with Gasteiger partial charge in [-0.05, 0) is 42.0 Å². The van der Waals surface area contributed by atoms with E-state index in [4.69, 9.17) is 0 Å². The number of hydrogen-bond donors (Lipinski definition) is 1. The van der Waals surface area contributed by atoms with Crippen molar-refractivity contribution in [2.24, 2.45) is 7.05 Å². The molecule has 2 heterocycles. The average molecular weight is 370 g/mol. The van der Waals surface area contributed by atoms with E-state index in [0.29, 0.717) is 23.4 Å². The Bertz CT molecular complexity index is 1200. The molecule has 0 radical (unpaired) electrons. The molecule has 1 N–H and O–H groups in total. The molecule has 0 saturated heterocycles. The molecule has 0 saturated carbocycles. The first kappa shape index (κ1) is 17.6. The minimum absolute atomic E-state index is 0.173. The lowest BCUT2D eigenvalue weighted by Crippen LogP contribution is -2.23. The van der Waals surface area contributed by atoms with Crippen LogP contribution >= 0.6 is 0 Å². The van der Waals surface area contributed by atoms with Crippen LogP contribution in [0.15, 0.2) is 77.9 Å². The molecule has 6 nitrogen and oxygen atoms in total. The van der Waals surface area contributed by atoms with Gasteiger partial charge in [-0.3, -0.25) is 14.6 Å². The summed E-state index contributed by atoms with van der Waals surface area (Å²) in [5.74, 6) is -0.178. The number of carbonyl (C=O) groups excluding carboxylic acids is 1. The van der Waals surface area contributed by atoms with Crippen LogP contribution in [0.3, 0.4) is 0 Å². The van der Waals surface area contributed by atoms with E-state index in [1.165, 1.54) is 0 Å². The molecule has 0 atom stereocenters. The summed E-state index contributed by atoms with van der Waals surface area (Å²) in [7, 11) is 1.73. The Kier molecular flexibility index (Phi) is 4.68. The van der Waals surface area contributed by atoms with Crippen LogP contribution < -0.4 is 10.9 Å². The molecule has 0 fully saturated rings. The molecule has 28 heavy (non-hydrogen) atoms. The van der Waals surface area contributed by atoms with E-state index in [0.717, 1.165) is 16.6 Å². The molecule has 4 aromatic rings. The van der Waals surface area contributed by atoms with Crippen LogP contribution in [0.25, 0.3) is 22.3 Å². The first-order valence-corrected chi connectivity index (χ1v) is 8.87. The van der Waals surface area contributed by atoms with Crippen molar-refractivity contribution in [3.63, 3.8) is 0 Å². The lowest BCUT2D eigenvalue weighted by atomic mass is 10.1. The number of aryl methyl sites for hydroxylation is 1. The zero-order valence-corrected chi connectivity index (χ0v) is 15.3. The Morgan fingerprint density at radius 3 is 2.46 bits per heavy atom. The van der Waals surface area contributed by atoms with Gasteiger partial charge in [-0.25, -0.2) is 4.98 Å². The number of carbonyl (C=O) groups is 1. The predicted octanol–water partition coefficient (Wildman–Crippen LogP) is 2.93. The van der Waals surface area contributed by atoms with Gasteiger partial charge in [0.05, 0.1) is 11.0 Å². The second-order valence-corrected chi connectivity index (χ2v) is 6.43. The van der Waals surface area contributed by atoms with Gasteiger partial charge in [0.25, 0.3) is 11.5 Å². The summed E-state index contributed by atoms with van der Waals surface area (Å²) in [6.45, 7) is 0.426. The van der Waals surface area contributed by atoms with E-state index < -0.39 is 0 Å². The fraction of sp³-hybridized carbons (Fsp3) is 0.0909. The molecule has 1 amide bonds. The summed E-state index contributed by atoms with van der Waals surface area (Å²) in [5.41, 5.74) is 3.90. The Labute approximate surface area is 161 Å². The molecular formula is C22H18N4O2. The lowest BCUT2D eigenvalue weighted by Gasteiger charge is -2.09. The van der Waals surface area contributed by atoms with Crippen molar-refractivity contribution in [3.8, 4) is 11.3 Å². The first-order valence-electron chi connectivity index (χ1n) is 8.87. The number of nitrogens with zero attached hydrogens (tertiary/aromatic N) is 3. The van der Waals surface area contributed by atoms with E-state index in [1.807, 2.05) is 36.4 Å². The molecule has 2 aromatic heterocycles. The van der Waals surface area contributed by atoms with E-state index in [9.17, 15) is 9.59 Å². The average Bonchev–Trinajstić information content (AvgIpc) is 2.75. The summed E-state index contributed by atoms with van der Waals surface area (Å²) in [5, 5.41) is 2.87. The molecule has 0 aliphatic rings. The molecule has 2 aromatic carbocycles. The fourth-order valence-electron chi connectivity index (χ4n) is 3.03. The van der Waals surface area contributed by atoms with Gasteiger partial charge in [0.2, 0.25) is 0 Å². The Balaban J connectivity index is 1.58. The molecule has 0 unspecified atom stereocenters. The van der Waals surface area contributed by atoms with Crippen molar-refractivity contribution in [1.29, 1.82) is 0 Å². The number of nitrogens with one attached hydrogen (secondary N) is 1. The van der Waals surface area contributed by atoms with Gasteiger partial charge in [0.1, 0.15) is 5.69 Å². The number of aromatic nitrogens is 3. The number of hydrogen-bond acceptors (Lipinski definition) is 4. The Morgan fingerprint density at radius 1 is 1.00 bits per heavy atom. The molecule has 138 valence electrons. The van der Waals surface area contributed by atoms with Gasteiger partial charge in [-0.1, -0.05) is 24.3 Å². The van der Waals surface area contributed by atoms with Gasteiger partial charge in [-0.2, -0.15) is 0 Å². The van der Waals surface area contributed by atoms with Crippen molar-refractivity contribution in [2.75, 3.05) is 0 Å². The maximum absolute atomic E-state index is 12.7. The smallest absolute Gasteiger partial charge is 0.277 e. The van der Waals surface area contributed by atoms with Crippen LogP contribution in [0.5, 0.6) is 0 Å². The second-order valence-electron chi connectivity index (χ2n) is 6.43. The standard InChI is InChI=1S/C22H18N4O2/c1-26-19-5-3-2-4-18(19)25-20(22(26)28)16-6-8-17(9-7-16)21(27)24-14-15-10-12-23-13-11-15/h2-13H,14H2,1H3,(H,24,27). The number of fused-ring (bicyclic) bond motifs is 1. The van der Waals surface area contributed by atoms with Crippen LogP contribution in [0.2, 0.25) is 0 Å². The predicted molar refractivity (Wildman–Crippen MR) is 108 cm³/mol. The normalized spacial score (nSPS) is 10.8. The summed E-state index contributed by atoms with van der Waals surface area (Å²) < 4.78 is 1.59. The number of para-hydroxylation sites is 2. The van der Waals surface area contributed by atoms with Crippen LogP contribution in [0, 0.1) is 0 Å².